The number of hydrogen-bond donors (Lipinski definition) is 1. The summed E-state index contributed by atoms with van der Waals surface area (Å²) in [5.74, 6) is -0.846. The van der Waals surface area contributed by atoms with E-state index in [1.807, 2.05) is 6.07 Å². The molecule has 0 radical (unpaired) electrons. The minimum absolute atomic E-state index is 0.0195. The number of anilines is 1. The number of halogens is 3. The first-order chi connectivity index (χ1) is 13.7. The average Bonchev–Trinajstić information content (AvgIpc) is 3.52. The normalized spacial score (nSPS) is 13.4. The van der Waals surface area contributed by atoms with Crippen molar-refractivity contribution >= 4 is 17.5 Å². The summed E-state index contributed by atoms with van der Waals surface area (Å²) in [6.07, 6.45) is -2.85. The lowest BCUT2D eigenvalue weighted by atomic mass is 10.1. The summed E-state index contributed by atoms with van der Waals surface area (Å²) < 4.78 is 39.0. The molecule has 0 unspecified atom stereocenters. The van der Waals surface area contributed by atoms with Crippen LogP contribution in [0.5, 0.6) is 0 Å². The fourth-order valence-electron chi connectivity index (χ4n) is 2.79. The van der Waals surface area contributed by atoms with E-state index < -0.39 is 18.6 Å². The Bertz CT molecular complexity index is 928. The SMILES string of the molecule is N#Cc1ccc(CN(CC(F)(F)F)C(=O)c2ccc(NC(=O)C3CC3)cc2)cc1. The Kier molecular flexibility index (Phi) is 5.87. The second-order valence-corrected chi connectivity index (χ2v) is 6.93. The van der Waals surface area contributed by atoms with Gasteiger partial charge in [-0.3, -0.25) is 9.59 Å². The molecule has 1 fully saturated rings. The molecule has 2 aromatic rings. The Labute approximate surface area is 165 Å². The summed E-state index contributed by atoms with van der Waals surface area (Å²) in [7, 11) is 0. The van der Waals surface area contributed by atoms with Crippen LogP contribution in [0, 0.1) is 17.2 Å². The van der Waals surface area contributed by atoms with Crippen molar-refractivity contribution in [2.24, 2.45) is 5.92 Å². The van der Waals surface area contributed by atoms with Gasteiger partial charge in [-0.05, 0) is 54.8 Å². The van der Waals surface area contributed by atoms with Crippen molar-refractivity contribution < 1.29 is 22.8 Å². The molecule has 1 aliphatic carbocycles. The van der Waals surface area contributed by atoms with Gasteiger partial charge in [-0.1, -0.05) is 12.1 Å². The van der Waals surface area contributed by atoms with E-state index in [1.54, 1.807) is 0 Å². The molecule has 1 N–H and O–H groups in total. The number of rotatable bonds is 6. The van der Waals surface area contributed by atoms with Crippen LogP contribution in [0.15, 0.2) is 48.5 Å². The van der Waals surface area contributed by atoms with E-state index in [1.165, 1.54) is 48.5 Å². The third kappa shape index (κ3) is 5.82. The Morgan fingerprint density at radius 2 is 1.69 bits per heavy atom. The van der Waals surface area contributed by atoms with Crippen LogP contribution in [0.2, 0.25) is 0 Å². The third-order valence-corrected chi connectivity index (χ3v) is 4.46. The fraction of sp³-hybridized carbons (Fsp3) is 0.286. The van der Waals surface area contributed by atoms with Gasteiger partial charge in [0.1, 0.15) is 6.54 Å². The number of nitrogens with zero attached hydrogens (tertiary/aromatic N) is 2. The standard InChI is InChI=1S/C21H18F3N3O2/c22-21(23,24)13-27(12-15-3-1-14(11-25)2-4-15)20(29)17-7-9-18(10-8-17)26-19(28)16-5-6-16/h1-4,7-10,16H,5-6,12-13H2,(H,26,28). The number of carbonyl (C=O) groups excluding carboxylic acids is 2. The van der Waals surface area contributed by atoms with Crippen molar-refractivity contribution in [3.63, 3.8) is 0 Å². The van der Waals surface area contributed by atoms with Gasteiger partial charge in [0, 0.05) is 23.7 Å². The number of hydrogen-bond acceptors (Lipinski definition) is 3. The highest BCUT2D eigenvalue weighted by molar-refractivity contribution is 5.96. The minimum atomic E-state index is -4.56. The lowest BCUT2D eigenvalue weighted by Gasteiger charge is -2.24. The highest BCUT2D eigenvalue weighted by atomic mass is 19.4. The molecule has 2 aromatic carbocycles. The largest absolute Gasteiger partial charge is 0.406 e. The Morgan fingerprint density at radius 1 is 1.07 bits per heavy atom. The van der Waals surface area contributed by atoms with Crippen LogP contribution in [0.3, 0.4) is 0 Å². The maximum atomic E-state index is 13.0. The van der Waals surface area contributed by atoms with E-state index in [4.69, 9.17) is 5.26 Å². The number of carbonyl (C=O) groups is 2. The molecule has 0 aliphatic heterocycles. The first-order valence-corrected chi connectivity index (χ1v) is 9.01. The Hall–Kier alpha value is -3.34. The summed E-state index contributed by atoms with van der Waals surface area (Å²) >= 11 is 0. The molecule has 0 spiro atoms. The van der Waals surface area contributed by atoms with Crippen LogP contribution in [-0.2, 0) is 11.3 Å². The average molecular weight is 401 g/mol. The summed E-state index contributed by atoms with van der Waals surface area (Å²) in [5, 5.41) is 11.5. The molecule has 1 saturated carbocycles. The van der Waals surface area contributed by atoms with Crippen molar-refractivity contribution in [3.8, 4) is 6.07 Å². The van der Waals surface area contributed by atoms with E-state index in [-0.39, 0.29) is 23.9 Å². The fourth-order valence-corrected chi connectivity index (χ4v) is 2.79. The van der Waals surface area contributed by atoms with Gasteiger partial charge in [-0.2, -0.15) is 18.4 Å². The molecule has 0 saturated heterocycles. The third-order valence-electron chi connectivity index (χ3n) is 4.46. The zero-order valence-corrected chi connectivity index (χ0v) is 15.4. The first kappa shape index (κ1) is 20.4. The molecule has 8 heteroatoms. The Balaban J connectivity index is 1.74. The molecule has 1 aliphatic rings. The maximum Gasteiger partial charge on any atom is 0.406 e. The van der Waals surface area contributed by atoms with Crippen LogP contribution < -0.4 is 5.32 Å². The lowest BCUT2D eigenvalue weighted by Crippen LogP contribution is -2.38. The van der Waals surface area contributed by atoms with E-state index in [2.05, 4.69) is 5.32 Å². The zero-order chi connectivity index (χ0) is 21.0. The van der Waals surface area contributed by atoms with E-state index >= 15 is 0 Å². The quantitative estimate of drug-likeness (QED) is 0.792. The maximum absolute atomic E-state index is 13.0. The summed E-state index contributed by atoms with van der Waals surface area (Å²) in [4.78, 5) is 25.2. The van der Waals surface area contributed by atoms with Crippen LogP contribution in [0.4, 0.5) is 18.9 Å². The van der Waals surface area contributed by atoms with Crippen LogP contribution in [-0.4, -0.2) is 29.4 Å². The Morgan fingerprint density at radius 3 is 2.21 bits per heavy atom. The van der Waals surface area contributed by atoms with Crippen LogP contribution in [0.1, 0.15) is 34.3 Å². The molecule has 0 atom stereocenters. The monoisotopic (exact) mass is 401 g/mol. The molecule has 0 heterocycles. The molecular formula is C21H18F3N3O2. The number of nitriles is 1. The molecule has 29 heavy (non-hydrogen) atoms. The van der Waals surface area contributed by atoms with Crippen LogP contribution >= 0.6 is 0 Å². The molecule has 150 valence electrons. The van der Waals surface area contributed by atoms with Gasteiger partial charge < -0.3 is 10.2 Å². The van der Waals surface area contributed by atoms with Crippen molar-refractivity contribution in [1.29, 1.82) is 5.26 Å². The van der Waals surface area contributed by atoms with Gasteiger partial charge in [0.15, 0.2) is 0 Å². The zero-order valence-electron chi connectivity index (χ0n) is 15.4. The predicted molar refractivity (Wildman–Crippen MR) is 99.7 cm³/mol. The smallest absolute Gasteiger partial charge is 0.326 e. The predicted octanol–water partition coefficient (Wildman–Crippen LogP) is 4.11. The number of benzene rings is 2. The summed E-state index contributed by atoms with van der Waals surface area (Å²) in [5.41, 5.74) is 1.45. The van der Waals surface area contributed by atoms with Crippen molar-refractivity contribution in [2.75, 3.05) is 11.9 Å². The van der Waals surface area contributed by atoms with Gasteiger partial charge >= 0.3 is 6.18 Å². The van der Waals surface area contributed by atoms with Gasteiger partial charge in [0.05, 0.1) is 11.6 Å². The molecular weight excluding hydrogens is 383 g/mol. The summed E-state index contributed by atoms with van der Waals surface area (Å²) in [6, 6.07) is 13.7. The molecule has 5 nitrogen and oxygen atoms in total. The number of nitrogens with one attached hydrogen (secondary N) is 1. The van der Waals surface area contributed by atoms with Crippen molar-refractivity contribution in [2.45, 2.75) is 25.6 Å². The van der Waals surface area contributed by atoms with Crippen molar-refractivity contribution in [3.05, 3.63) is 65.2 Å². The van der Waals surface area contributed by atoms with E-state index in [0.717, 1.165) is 12.8 Å². The second kappa shape index (κ2) is 8.35. The van der Waals surface area contributed by atoms with Gasteiger partial charge in [-0.25, -0.2) is 0 Å². The topological polar surface area (TPSA) is 73.2 Å². The highest BCUT2D eigenvalue weighted by Gasteiger charge is 2.33. The van der Waals surface area contributed by atoms with Crippen molar-refractivity contribution in [1.82, 2.24) is 4.90 Å². The molecule has 0 bridgehead atoms. The molecule has 3 rings (SSSR count). The molecule has 2 amide bonds. The van der Waals surface area contributed by atoms with Crippen LogP contribution in [0.25, 0.3) is 0 Å². The second-order valence-electron chi connectivity index (χ2n) is 6.93. The van der Waals surface area contributed by atoms with E-state index in [0.29, 0.717) is 21.7 Å². The van der Waals surface area contributed by atoms with Gasteiger partial charge in [0.25, 0.3) is 5.91 Å². The van der Waals surface area contributed by atoms with Gasteiger partial charge in [-0.15, -0.1) is 0 Å². The minimum Gasteiger partial charge on any atom is -0.326 e. The lowest BCUT2D eigenvalue weighted by molar-refractivity contribution is -0.141. The highest BCUT2D eigenvalue weighted by Crippen LogP contribution is 2.30. The van der Waals surface area contributed by atoms with Gasteiger partial charge in [0.2, 0.25) is 5.91 Å². The molecule has 0 aromatic heterocycles. The number of alkyl halides is 3. The van der Waals surface area contributed by atoms with E-state index in [9.17, 15) is 22.8 Å². The number of amides is 2. The summed E-state index contributed by atoms with van der Waals surface area (Å²) in [6.45, 7) is -1.64. The first-order valence-electron chi connectivity index (χ1n) is 9.01.